The Morgan fingerprint density at radius 3 is 2.08 bits per heavy atom. The molecule has 78 valence electrons. The van der Waals surface area contributed by atoms with Crippen LogP contribution in [0.15, 0.2) is 0 Å². The van der Waals surface area contributed by atoms with Crippen molar-refractivity contribution >= 4 is 0 Å². The Kier molecular flexibility index (Phi) is 10.8. The van der Waals surface area contributed by atoms with Crippen LogP contribution in [-0.4, -0.2) is 22.0 Å². The molecule has 2 N–H and O–H groups in total. The average molecular weight is 226 g/mol. The Hall–Kier alpha value is 0.394. The van der Waals surface area contributed by atoms with Crippen LogP contribution in [0, 0.1) is 0 Å². The molecular weight excluding hydrogens is 208 g/mol. The monoisotopic (exact) mass is 226 g/mol. The SMILES string of the molecule is [O]=[Ti]([OH])[O]CCCCCCCCO. The fourth-order valence-corrected chi connectivity index (χ4v) is 1.58. The van der Waals surface area contributed by atoms with Crippen molar-refractivity contribution in [1.82, 2.24) is 0 Å². The summed E-state index contributed by atoms with van der Waals surface area (Å²) in [6.45, 7) is 0.688. The summed E-state index contributed by atoms with van der Waals surface area (Å²) in [5.74, 6) is 0. The quantitative estimate of drug-likeness (QED) is 0.456. The third-order valence-electron chi connectivity index (χ3n) is 1.78. The van der Waals surface area contributed by atoms with Gasteiger partial charge in [-0.05, 0) is 0 Å². The van der Waals surface area contributed by atoms with Gasteiger partial charge in [0.2, 0.25) is 0 Å². The minimum absolute atomic E-state index is 0.276. The number of hydrogen-bond donors (Lipinski definition) is 2. The summed E-state index contributed by atoms with van der Waals surface area (Å²) >= 11 is -3.25. The van der Waals surface area contributed by atoms with Crippen molar-refractivity contribution in [3.63, 3.8) is 0 Å². The van der Waals surface area contributed by atoms with E-state index in [9.17, 15) is 3.32 Å². The van der Waals surface area contributed by atoms with E-state index in [2.05, 4.69) is 3.32 Å². The third-order valence-corrected chi connectivity index (χ3v) is 2.48. The summed E-state index contributed by atoms with van der Waals surface area (Å²) in [6.07, 6.45) is 6.08. The third kappa shape index (κ3) is 12.4. The van der Waals surface area contributed by atoms with Crippen LogP contribution in [0.25, 0.3) is 0 Å². The van der Waals surface area contributed by atoms with Gasteiger partial charge in [-0.3, -0.25) is 0 Å². The van der Waals surface area contributed by atoms with E-state index >= 15 is 0 Å². The van der Waals surface area contributed by atoms with Crippen LogP contribution >= 0.6 is 0 Å². The second kappa shape index (κ2) is 10.5. The first-order valence-corrected chi connectivity index (χ1v) is 6.71. The summed E-state index contributed by atoms with van der Waals surface area (Å²) < 4.78 is 23.2. The molecule has 0 aliphatic carbocycles. The van der Waals surface area contributed by atoms with Gasteiger partial charge in [0.25, 0.3) is 0 Å². The zero-order chi connectivity index (χ0) is 9.94. The van der Waals surface area contributed by atoms with Crippen molar-refractivity contribution in [1.29, 1.82) is 0 Å². The summed E-state index contributed by atoms with van der Waals surface area (Å²) in [6, 6.07) is 0. The van der Waals surface area contributed by atoms with Gasteiger partial charge >= 0.3 is 85.8 Å². The fourth-order valence-electron chi connectivity index (χ4n) is 1.08. The van der Waals surface area contributed by atoms with Gasteiger partial charge in [0.15, 0.2) is 0 Å². The van der Waals surface area contributed by atoms with Gasteiger partial charge in [0.05, 0.1) is 0 Å². The standard InChI is InChI=1S/C8H17O2.H2O.O.Ti/c9-7-5-3-1-2-4-6-8-10;;;/h9H,1-8H2;1H2;;/q-1;;;+2/p-1. The first kappa shape index (κ1) is 13.4. The predicted molar refractivity (Wildman–Crippen MR) is 43.6 cm³/mol. The molecule has 0 aliphatic heterocycles. The van der Waals surface area contributed by atoms with E-state index in [4.69, 9.17) is 8.79 Å². The van der Waals surface area contributed by atoms with Crippen molar-refractivity contribution in [2.24, 2.45) is 0 Å². The Bertz CT molecular complexity index is 129. The molecule has 0 rings (SSSR count). The molecule has 0 atom stereocenters. The number of aliphatic hydroxyl groups excluding tert-OH is 1. The summed E-state index contributed by atoms with van der Waals surface area (Å²) in [5.41, 5.74) is 0. The first-order chi connectivity index (χ1) is 6.27. The molecule has 5 heteroatoms. The maximum atomic E-state index is 10.2. The van der Waals surface area contributed by atoms with E-state index < -0.39 is 18.6 Å². The van der Waals surface area contributed by atoms with Crippen molar-refractivity contribution < 1.29 is 34.1 Å². The van der Waals surface area contributed by atoms with Crippen LogP contribution < -0.4 is 0 Å². The van der Waals surface area contributed by atoms with Gasteiger partial charge in [-0.2, -0.15) is 0 Å². The van der Waals surface area contributed by atoms with Crippen LogP contribution in [0.5, 0.6) is 0 Å². The second-order valence-corrected chi connectivity index (χ2v) is 4.24. The van der Waals surface area contributed by atoms with Crippen molar-refractivity contribution in [3.8, 4) is 0 Å². The molecular formula is C8H18O4Ti. The number of unbranched alkanes of at least 4 members (excludes halogenated alkanes) is 5. The summed E-state index contributed by atoms with van der Waals surface area (Å²) in [7, 11) is 0. The second-order valence-electron chi connectivity index (χ2n) is 2.96. The Labute approximate surface area is 86.0 Å². The van der Waals surface area contributed by atoms with Gasteiger partial charge in [-0.15, -0.1) is 0 Å². The summed E-state index contributed by atoms with van der Waals surface area (Å²) in [5, 5.41) is 8.49. The van der Waals surface area contributed by atoms with E-state index in [0.717, 1.165) is 38.5 Å². The van der Waals surface area contributed by atoms with Crippen molar-refractivity contribution in [2.45, 2.75) is 38.5 Å². The predicted octanol–water partition coefficient (Wildman–Crippen LogP) is 1.12. The molecule has 13 heavy (non-hydrogen) atoms. The molecule has 0 amide bonds. The number of rotatable bonds is 9. The van der Waals surface area contributed by atoms with Crippen molar-refractivity contribution in [3.05, 3.63) is 0 Å². The average Bonchev–Trinajstić information content (AvgIpc) is 2.09. The zero-order valence-electron chi connectivity index (χ0n) is 7.87. The minimum atomic E-state index is -3.25. The van der Waals surface area contributed by atoms with E-state index in [1.165, 1.54) is 0 Å². The van der Waals surface area contributed by atoms with Gasteiger partial charge in [-0.1, -0.05) is 0 Å². The molecule has 0 saturated carbocycles. The Balaban J connectivity index is 2.87. The Morgan fingerprint density at radius 1 is 1.00 bits per heavy atom. The van der Waals surface area contributed by atoms with Crippen LogP contribution in [-0.2, 0) is 25.3 Å². The molecule has 0 spiro atoms. The molecule has 0 aromatic heterocycles. The summed E-state index contributed by atoms with van der Waals surface area (Å²) in [4.78, 5) is 0. The van der Waals surface area contributed by atoms with E-state index in [1.54, 1.807) is 0 Å². The first-order valence-electron chi connectivity index (χ1n) is 4.74. The van der Waals surface area contributed by atoms with Crippen LogP contribution in [0.4, 0.5) is 0 Å². The van der Waals surface area contributed by atoms with Crippen molar-refractivity contribution in [2.75, 3.05) is 13.2 Å². The maximum absolute atomic E-state index is 10.2. The van der Waals surface area contributed by atoms with Gasteiger partial charge in [0, 0.05) is 0 Å². The molecule has 0 aromatic rings. The fraction of sp³-hybridized carbons (Fsp3) is 1.00. The molecule has 0 bridgehead atoms. The molecule has 0 heterocycles. The van der Waals surface area contributed by atoms with Crippen LogP contribution in [0.1, 0.15) is 38.5 Å². The molecule has 4 nitrogen and oxygen atoms in total. The normalized spacial score (nSPS) is 10.3. The van der Waals surface area contributed by atoms with Gasteiger partial charge < -0.3 is 0 Å². The molecule has 0 aliphatic rings. The molecule has 0 radical (unpaired) electrons. The van der Waals surface area contributed by atoms with Crippen LogP contribution in [0.3, 0.4) is 0 Å². The molecule has 0 fully saturated rings. The number of hydrogen-bond acceptors (Lipinski definition) is 3. The van der Waals surface area contributed by atoms with E-state index in [-0.39, 0.29) is 6.61 Å². The molecule has 0 aromatic carbocycles. The van der Waals surface area contributed by atoms with E-state index in [0.29, 0.717) is 6.61 Å². The van der Waals surface area contributed by atoms with Gasteiger partial charge in [0.1, 0.15) is 0 Å². The zero-order valence-corrected chi connectivity index (χ0v) is 9.43. The van der Waals surface area contributed by atoms with Gasteiger partial charge in [-0.25, -0.2) is 0 Å². The van der Waals surface area contributed by atoms with E-state index in [1.807, 2.05) is 0 Å². The van der Waals surface area contributed by atoms with Crippen LogP contribution in [0.2, 0.25) is 0 Å². The Morgan fingerprint density at radius 2 is 1.54 bits per heavy atom. The molecule has 0 unspecified atom stereocenters. The topological polar surface area (TPSA) is 66.8 Å². The number of aliphatic hydroxyl groups is 1. The molecule has 0 saturated heterocycles.